The molecule has 0 saturated heterocycles. The van der Waals surface area contributed by atoms with Gasteiger partial charge in [-0.05, 0) is 61.0 Å². The summed E-state index contributed by atoms with van der Waals surface area (Å²) in [5.74, 6) is -0.661. The first kappa shape index (κ1) is 18.6. The van der Waals surface area contributed by atoms with E-state index in [1.165, 1.54) is 0 Å². The van der Waals surface area contributed by atoms with E-state index in [2.05, 4.69) is 20.8 Å². The molecule has 24 heavy (non-hydrogen) atoms. The van der Waals surface area contributed by atoms with E-state index in [9.17, 15) is 14.4 Å². The van der Waals surface area contributed by atoms with Gasteiger partial charge in [0.1, 0.15) is 6.29 Å². The summed E-state index contributed by atoms with van der Waals surface area (Å²) in [6.07, 6.45) is 7.70. The van der Waals surface area contributed by atoms with Crippen LogP contribution in [-0.4, -0.2) is 23.1 Å². The molecule has 1 fully saturated rings. The third kappa shape index (κ3) is 3.38. The van der Waals surface area contributed by atoms with Crippen molar-refractivity contribution < 1.29 is 19.5 Å². The van der Waals surface area contributed by atoms with E-state index in [1.807, 2.05) is 6.92 Å². The number of rotatable bonds is 5. The third-order valence-corrected chi connectivity index (χ3v) is 6.16. The fraction of sp³-hybridized carbons (Fsp3) is 0.650. The normalized spacial score (nSPS) is 32.8. The fourth-order valence-electron chi connectivity index (χ4n) is 5.31. The van der Waals surface area contributed by atoms with Crippen LogP contribution in [0, 0.1) is 22.7 Å². The number of hydrogen-bond acceptors (Lipinski definition) is 3. The molecule has 0 bridgehead atoms. The molecular formula is C20H28O4. The standard InChI is InChI=1S/C20H28O4/c1-13-10-16(22)18-19(2,3)8-5-9-20(18,4)15(13)7-6-14(12-21)11-17(23)24/h10-12,15,18H,5-9H2,1-4H3,(H,23,24). The molecule has 0 aromatic carbocycles. The zero-order valence-electron chi connectivity index (χ0n) is 15.1. The summed E-state index contributed by atoms with van der Waals surface area (Å²) in [5.41, 5.74) is 1.23. The van der Waals surface area contributed by atoms with E-state index in [4.69, 9.17) is 5.11 Å². The molecule has 4 nitrogen and oxygen atoms in total. The number of ketones is 1. The summed E-state index contributed by atoms with van der Waals surface area (Å²) in [6, 6.07) is 0. The van der Waals surface area contributed by atoms with Gasteiger partial charge in [-0.25, -0.2) is 4.79 Å². The first-order valence-electron chi connectivity index (χ1n) is 8.72. The minimum absolute atomic E-state index is 0.00409. The largest absolute Gasteiger partial charge is 0.478 e. The molecular weight excluding hydrogens is 304 g/mol. The van der Waals surface area contributed by atoms with Crippen molar-refractivity contribution in [1.82, 2.24) is 0 Å². The SMILES string of the molecule is CC1=CC(=O)C2C(C)(C)CCCC2(C)C1CCC(C=O)=CC(=O)O. The second-order valence-electron chi connectivity index (χ2n) is 8.34. The minimum Gasteiger partial charge on any atom is -0.478 e. The predicted molar refractivity (Wildman–Crippen MR) is 92.5 cm³/mol. The maximum Gasteiger partial charge on any atom is 0.328 e. The maximum atomic E-state index is 12.7. The van der Waals surface area contributed by atoms with E-state index < -0.39 is 5.97 Å². The Morgan fingerprint density at radius 1 is 1.33 bits per heavy atom. The Morgan fingerprint density at radius 3 is 2.58 bits per heavy atom. The number of aldehydes is 1. The molecule has 132 valence electrons. The van der Waals surface area contributed by atoms with Crippen LogP contribution in [0.5, 0.6) is 0 Å². The molecule has 0 aliphatic heterocycles. The molecule has 2 rings (SSSR count). The lowest BCUT2D eigenvalue weighted by Gasteiger charge is -2.55. The molecule has 0 aromatic rings. The van der Waals surface area contributed by atoms with Gasteiger partial charge in [0, 0.05) is 12.0 Å². The molecule has 3 atom stereocenters. The Balaban J connectivity index is 2.31. The van der Waals surface area contributed by atoms with Crippen LogP contribution in [0.15, 0.2) is 23.3 Å². The van der Waals surface area contributed by atoms with Crippen molar-refractivity contribution >= 4 is 18.0 Å². The van der Waals surface area contributed by atoms with Crippen molar-refractivity contribution in [3.05, 3.63) is 23.3 Å². The third-order valence-electron chi connectivity index (χ3n) is 6.16. The molecule has 0 spiro atoms. The lowest BCUT2D eigenvalue weighted by molar-refractivity contribution is -0.136. The van der Waals surface area contributed by atoms with Gasteiger partial charge in [0.15, 0.2) is 5.78 Å². The van der Waals surface area contributed by atoms with Crippen molar-refractivity contribution in [3.8, 4) is 0 Å². The Labute approximate surface area is 144 Å². The van der Waals surface area contributed by atoms with Gasteiger partial charge >= 0.3 is 5.97 Å². The van der Waals surface area contributed by atoms with Crippen LogP contribution in [-0.2, 0) is 14.4 Å². The van der Waals surface area contributed by atoms with E-state index in [-0.39, 0.29) is 28.4 Å². The van der Waals surface area contributed by atoms with Gasteiger partial charge in [0.2, 0.25) is 0 Å². The second kappa shape index (κ2) is 6.66. The molecule has 0 aromatic heterocycles. The topological polar surface area (TPSA) is 71.4 Å². The molecule has 0 heterocycles. The van der Waals surface area contributed by atoms with Crippen molar-refractivity contribution in [2.45, 2.75) is 59.8 Å². The Kier molecular flexibility index (Phi) is 5.17. The lowest BCUT2D eigenvalue weighted by Crippen LogP contribution is -2.52. The zero-order valence-corrected chi connectivity index (χ0v) is 15.1. The Morgan fingerprint density at radius 2 is 2.00 bits per heavy atom. The lowest BCUT2D eigenvalue weighted by atomic mass is 9.48. The summed E-state index contributed by atoms with van der Waals surface area (Å²) in [5, 5.41) is 8.85. The van der Waals surface area contributed by atoms with Crippen LogP contribution in [0.3, 0.4) is 0 Å². The van der Waals surface area contributed by atoms with Gasteiger partial charge < -0.3 is 5.11 Å². The number of aliphatic carboxylic acids is 1. The molecule has 2 aliphatic rings. The molecule has 0 amide bonds. The van der Waals surface area contributed by atoms with E-state index in [1.54, 1.807) is 6.08 Å². The maximum absolute atomic E-state index is 12.7. The van der Waals surface area contributed by atoms with Gasteiger partial charge in [-0.1, -0.05) is 32.8 Å². The molecule has 3 unspecified atom stereocenters. The second-order valence-corrected chi connectivity index (χ2v) is 8.34. The molecule has 1 N–H and O–H groups in total. The van der Waals surface area contributed by atoms with E-state index in [0.717, 1.165) is 30.9 Å². The number of carbonyl (C=O) groups excluding carboxylic acids is 2. The summed E-state index contributed by atoms with van der Waals surface area (Å²) in [6.45, 7) is 8.56. The predicted octanol–water partition coefficient (Wildman–Crippen LogP) is 3.95. The van der Waals surface area contributed by atoms with Gasteiger partial charge in [0.05, 0.1) is 0 Å². The van der Waals surface area contributed by atoms with Gasteiger partial charge in [-0.15, -0.1) is 0 Å². The first-order chi connectivity index (χ1) is 11.1. The monoisotopic (exact) mass is 332 g/mol. The van der Waals surface area contributed by atoms with Crippen molar-refractivity contribution in [3.63, 3.8) is 0 Å². The van der Waals surface area contributed by atoms with Crippen molar-refractivity contribution in [2.75, 3.05) is 0 Å². The quantitative estimate of drug-likeness (QED) is 0.611. The summed E-state index contributed by atoms with van der Waals surface area (Å²) in [7, 11) is 0. The van der Waals surface area contributed by atoms with Crippen LogP contribution >= 0.6 is 0 Å². The fourth-order valence-corrected chi connectivity index (χ4v) is 5.31. The first-order valence-corrected chi connectivity index (χ1v) is 8.72. The smallest absolute Gasteiger partial charge is 0.328 e. The average molecular weight is 332 g/mol. The Bertz CT molecular complexity index is 611. The van der Waals surface area contributed by atoms with Crippen LogP contribution < -0.4 is 0 Å². The van der Waals surface area contributed by atoms with Crippen LogP contribution in [0.2, 0.25) is 0 Å². The summed E-state index contributed by atoms with van der Waals surface area (Å²) in [4.78, 5) is 34.6. The average Bonchev–Trinajstić information content (AvgIpc) is 2.43. The summed E-state index contributed by atoms with van der Waals surface area (Å²) >= 11 is 0. The summed E-state index contributed by atoms with van der Waals surface area (Å²) < 4.78 is 0. The van der Waals surface area contributed by atoms with Gasteiger partial charge in [-0.3, -0.25) is 9.59 Å². The number of carboxylic acid groups (broad SMARTS) is 1. The number of hydrogen-bond donors (Lipinski definition) is 1. The highest BCUT2D eigenvalue weighted by Crippen LogP contribution is 2.59. The number of carbonyl (C=O) groups is 3. The number of fused-ring (bicyclic) bond motifs is 1. The Hall–Kier alpha value is -1.71. The zero-order chi connectivity index (χ0) is 18.1. The molecule has 1 saturated carbocycles. The molecule has 2 aliphatic carbocycles. The number of allylic oxidation sites excluding steroid dienone is 3. The highest BCUT2D eigenvalue weighted by molar-refractivity contribution is 5.95. The minimum atomic E-state index is -1.09. The van der Waals surface area contributed by atoms with Gasteiger partial charge in [0.25, 0.3) is 0 Å². The highest BCUT2D eigenvalue weighted by atomic mass is 16.4. The highest BCUT2D eigenvalue weighted by Gasteiger charge is 2.55. The van der Waals surface area contributed by atoms with Crippen LogP contribution in [0.1, 0.15) is 59.8 Å². The van der Waals surface area contributed by atoms with Crippen LogP contribution in [0.4, 0.5) is 0 Å². The molecule has 0 radical (unpaired) electrons. The number of carboxylic acids is 1. The van der Waals surface area contributed by atoms with E-state index in [0.29, 0.717) is 24.7 Å². The van der Waals surface area contributed by atoms with Gasteiger partial charge in [-0.2, -0.15) is 0 Å². The van der Waals surface area contributed by atoms with E-state index >= 15 is 0 Å². The van der Waals surface area contributed by atoms with Crippen molar-refractivity contribution in [2.24, 2.45) is 22.7 Å². The molecule has 4 heteroatoms. The van der Waals surface area contributed by atoms with Crippen LogP contribution in [0.25, 0.3) is 0 Å². The van der Waals surface area contributed by atoms with Crippen molar-refractivity contribution in [1.29, 1.82) is 0 Å².